The van der Waals surface area contributed by atoms with E-state index in [2.05, 4.69) is 50.0 Å². The highest BCUT2D eigenvalue weighted by Crippen LogP contribution is 2.25. The van der Waals surface area contributed by atoms with Crippen molar-refractivity contribution in [2.75, 3.05) is 0 Å². The lowest BCUT2D eigenvalue weighted by Crippen LogP contribution is -2.10. The number of hydrogen-bond acceptors (Lipinski definition) is 2. The molecule has 0 saturated carbocycles. The summed E-state index contributed by atoms with van der Waals surface area (Å²) in [6.07, 6.45) is 1.65. The van der Waals surface area contributed by atoms with E-state index in [0.717, 1.165) is 11.3 Å². The van der Waals surface area contributed by atoms with Crippen LogP contribution >= 0.6 is 12.2 Å². The van der Waals surface area contributed by atoms with Crippen LogP contribution in [0.3, 0.4) is 0 Å². The molecule has 1 aromatic heterocycles. The zero-order valence-electron chi connectivity index (χ0n) is 9.70. The van der Waals surface area contributed by atoms with Gasteiger partial charge >= 0.3 is 0 Å². The monoisotopic (exact) mass is 233 g/mol. The number of hydrogen-bond donors (Lipinski definition) is 1. The lowest BCUT2D eigenvalue weighted by Gasteiger charge is -2.18. The Morgan fingerprint density at radius 3 is 2.19 bits per heavy atom. The number of aromatic amines is 1. The molecule has 0 spiro atoms. The van der Waals surface area contributed by atoms with Gasteiger partial charge in [0.1, 0.15) is 6.26 Å². The van der Waals surface area contributed by atoms with Crippen LogP contribution in [0.15, 0.2) is 34.9 Å². The Kier molecular flexibility index (Phi) is 2.72. The van der Waals surface area contributed by atoms with Crippen LogP contribution in [0.25, 0.3) is 11.3 Å². The molecule has 0 fully saturated rings. The fourth-order valence-corrected chi connectivity index (χ4v) is 1.73. The van der Waals surface area contributed by atoms with Crippen LogP contribution in [0.4, 0.5) is 0 Å². The van der Waals surface area contributed by atoms with E-state index >= 15 is 0 Å². The number of benzene rings is 1. The van der Waals surface area contributed by atoms with Crippen LogP contribution in [0.1, 0.15) is 26.3 Å². The molecule has 0 aliphatic carbocycles. The fourth-order valence-electron chi connectivity index (χ4n) is 1.57. The standard InChI is InChI=1S/C13H15NOS/c1-13(2,3)10-6-4-9(5-7-10)11-8-15-12(16)14-11/h4-8H,1-3H3,(H,14,16). The normalized spacial score (nSPS) is 11.7. The predicted octanol–water partition coefficient (Wildman–Crippen LogP) is 4.30. The van der Waals surface area contributed by atoms with E-state index in [9.17, 15) is 0 Å². The minimum atomic E-state index is 0.182. The summed E-state index contributed by atoms with van der Waals surface area (Å²) in [6, 6.07) is 8.44. The molecule has 0 bridgehead atoms. The largest absolute Gasteiger partial charge is 0.437 e. The van der Waals surface area contributed by atoms with Crippen LogP contribution in [0.2, 0.25) is 0 Å². The molecule has 0 aliphatic heterocycles. The van der Waals surface area contributed by atoms with Gasteiger partial charge in [0.2, 0.25) is 0 Å². The Balaban J connectivity index is 2.36. The SMILES string of the molecule is CC(C)(C)c1ccc(-c2coc(=S)[nH]2)cc1. The molecule has 0 radical (unpaired) electrons. The third-order valence-electron chi connectivity index (χ3n) is 2.58. The van der Waals surface area contributed by atoms with Gasteiger partial charge in [-0.15, -0.1) is 0 Å². The second-order valence-corrected chi connectivity index (χ2v) is 5.26. The lowest BCUT2D eigenvalue weighted by atomic mass is 9.86. The number of H-pyrrole nitrogens is 1. The van der Waals surface area contributed by atoms with Crippen LogP contribution in [-0.4, -0.2) is 4.98 Å². The molecule has 1 heterocycles. The summed E-state index contributed by atoms with van der Waals surface area (Å²) < 4.78 is 5.08. The molecular formula is C13H15NOS. The molecule has 0 saturated heterocycles. The summed E-state index contributed by atoms with van der Waals surface area (Å²) >= 11 is 4.90. The maximum atomic E-state index is 5.08. The van der Waals surface area contributed by atoms with Gasteiger partial charge in [0.05, 0.1) is 5.69 Å². The van der Waals surface area contributed by atoms with Gasteiger partial charge < -0.3 is 9.40 Å². The van der Waals surface area contributed by atoms with E-state index < -0.39 is 0 Å². The number of oxazole rings is 1. The second kappa shape index (κ2) is 3.91. The number of aromatic nitrogens is 1. The minimum Gasteiger partial charge on any atom is -0.437 e. The average Bonchev–Trinajstić information content (AvgIpc) is 2.64. The lowest BCUT2D eigenvalue weighted by molar-refractivity contribution is 0.541. The van der Waals surface area contributed by atoms with Crippen molar-refractivity contribution >= 4 is 12.2 Å². The number of rotatable bonds is 1. The maximum Gasteiger partial charge on any atom is 0.266 e. The van der Waals surface area contributed by atoms with Crippen molar-refractivity contribution in [3.63, 3.8) is 0 Å². The van der Waals surface area contributed by atoms with Crippen molar-refractivity contribution < 1.29 is 4.42 Å². The van der Waals surface area contributed by atoms with Gasteiger partial charge in [-0.1, -0.05) is 45.0 Å². The molecule has 84 valence electrons. The van der Waals surface area contributed by atoms with E-state index in [1.54, 1.807) is 6.26 Å². The topological polar surface area (TPSA) is 28.9 Å². The number of nitrogens with one attached hydrogen (secondary N) is 1. The molecule has 0 unspecified atom stereocenters. The van der Waals surface area contributed by atoms with Gasteiger partial charge in [0, 0.05) is 5.56 Å². The minimum absolute atomic E-state index is 0.182. The van der Waals surface area contributed by atoms with Crippen LogP contribution in [0, 0.1) is 4.84 Å². The summed E-state index contributed by atoms with van der Waals surface area (Å²) in [5.74, 6) is 0. The highest BCUT2D eigenvalue weighted by Gasteiger charge is 2.13. The molecule has 1 N–H and O–H groups in total. The molecule has 3 heteroatoms. The first-order valence-corrected chi connectivity index (χ1v) is 5.66. The Morgan fingerprint density at radius 1 is 1.12 bits per heavy atom. The zero-order valence-corrected chi connectivity index (χ0v) is 10.5. The van der Waals surface area contributed by atoms with E-state index in [-0.39, 0.29) is 5.41 Å². The Hall–Kier alpha value is -1.35. The van der Waals surface area contributed by atoms with Crippen LogP contribution in [-0.2, 0) is 5.41 Å². The molecule has 1 aromatic carbocycles. The Morgan fingerprint density at radius 2 is 1.75 bits per heavy atom. The highest BCUT2D eigenvalue weighted by molar-refractivity contribution is 7.71. The summed E-state index contributed by atoms with van der Waals surface area (Å²) in [6.45, 7) is 6.61. The fraction of sp³-hybridized carbons (Fsp3) is 0.308. The van der Waals surface area contributed by atoms with E-state index in [1.165, 1.54) is 5.56 Å². The summed E-state index contributed by atoms with van der Waals surface area (Å²) in [4.78, 5) is 3.41. The Labute approximate surface area is 100 Å². The molecule has 0 amide bonds. The predicted molar refractivity (Wildman–Crippen MR) is 68.0 cm³/mol. The van der Waals surface area contributed by atoms with Crippen molar-refractivity contribution in [2.24, 2.45) is 0 Å². The van der Waals surface area contributed by atoms with Crippen molar-refractivity contribution in [2.45, 2.75) is 26.2 Å². The van der Waals surface area contributed by atoms with Gasteiger partial charge in [-0.3, -0.25) is 0 Å². The summed E-state index contributed by atoms with van der Waals surface area (Å²) in [5.41, 5.74) is 3.51. The molecule has 16 heavy (non-hydrogen) atoms. The van der Waals surface area contributed by atoms with E-state index in [0.29, 0.717) is 4.84 Å². The third-order valence-corrected chi connectivity index (χ3v) is 2.78. The first-order valence-electron chi connectivity index (χ1n) is 5.25. The highest BCUT2D eigenvalue weighted by atomic mass is 32.1. The van der Waals surface area contributed by atoms with Gasteiger partial charge in [-0.05, 0) is 23.2 Å². The molecule has 0 atom stereocenters. The molecular weight excluding hydrogens is 218 g/mol. The third kappa shape index (κ3) is 2.25. The van der Waals surface area contributed by atoms with Gasteiger partial charge in [-0.2, -0.15) is 0 Å². The van der Waals surface area contributed by atoms with E-state index in [4.69, 9.17) is 16.6 Å². The van der Waals surface area contributed by atoms with Gasteiger partial charge in [0.25, 0.3) is 4.84 Å². The summed E-state index contributed by atoms with van der Waals surface area (Å²) in [5, 5.41) is 0. The van der Waals surface area contributed by atoms with Crippen molar-refractivity contribution in [1.29, 1.82) is 0 Å². The molecule has 2 nitrogen and oxygen atoms in total. The van der Waals surface area contributed by atoms with Gasteiger partial charge in [-0.25, -0.2) is 0 Å². The van der Waals surface area contributed by atoms with Gasteiger partial charge in [0.15, 0.2) is 0 Å². The first kappa shape index (κ1) is 11.1. The molecule has 2 rings (SSSR count). The van der Waals surface area contributed by atoms with Crippen LogP contribution < -0.4 is 0 Å². The van der Waals surface area contributed by atoms with Crippen LogP contribution in [0.5, 0.6) is 0 Å². The Bertz CT molecular complexity index is 528. The summed E-state index contributed by atoms with van der Waals surface area (Å²) in [7, 11) is 0. The van der Waals surface area contributed by atoms with Crippen molar-refractivity contribution in [1.82, 2.24) is 4.98 Å². The van der Waals surface area contributed by atoms with E-state index in [1.807, 2.05) is 0 Å². The molecule has 0 aliphatic rings. The quantitative estimate of drug-likeness (QED) is 0.744. The second-order valence-electron chi connectivity index (χ2n) is 4.89. The zero-order chi connectivity index (χ0) is 11.8. The van der Waals surface area contributed by atoms with Crippen molar-refractivity contribution in [3.05, 3.63) is 40.9 Å². The van der Waals surface area contributed by atoms with Crippen molar-refractivity contribution in [3.8, 4) is 11.3 Å². The maximum absolute atomic E-state index is 5.08. The average molecular weight is 233 g/mol. The smallest absolute Gasteiger partial charge is 0.266 e. The molecule has 2 aromatic rings. The first-order chi connectivity index (χ1) is 7.47.